The molecule has 0 aromatic rings. The van der Waals surface area contributed by atoms with Gasteiger partial charge in [0.1, 0.15) is 0 Å². The molecule has 0 radical (unpaired) electrons. The van der Waals surface area contributed by atoms with Crippen molar-refractivity contribution in [1.82, 2.24) is 0 Å². The van der Waals surface area contributed by atoms with Crippen LogP contribution in [0.25, 0.3) is 0 Å². The normalized spacial score (nSPS) is 13.1. The number of rotatable bonds is 25. The molecule has 4 nitrogen and oxygen atoms in total. The van der Waals surface area contributed by atoms with Gasteiger partial charge in [0, 0.05) is 25.7 Å². The van der Waals surface area contributed by atoms with Gasteiger partial charge in [-0.25, -0.2) is 0 Å². The zero-order valence-corrected chi connectivity index (χ0v) is 21.7. The molecule has 0 heterocycles. The van der Waals surface area contributed by atoms with E-state index < -0.39 is 5.97 Å². The van der Waals surface area contributed by atoms with Crippen LogP contribution in [0.15, 0.2) is 0 Å². The highest BCUT2D eigenvalue weighted by Crippen LogP contribution is 2.34. The Morgan fingerprint density at radius 3 is 1.23 bits per heavy atom. The van der Waals surface area contributed by atoms with Gasteiger partial charge in [0.15, 0.2) is 0 Å². The summed E-state index contributed by atoms with van der Waals surface area (Å²) in [6, 6.07) is 0. The first kappa shape index (κ1) is 30.8. The van der Waals surface area contributed by atoms with Gasteiger partial charge in [0.05, 0.1) is 0 Å². The molecule has 0 fully saturated rings. The molecule has 188 valence electrons. The maximum atomic E-state index is 6.16. The summed E-state index contributed by atoms with van der Waals surface area (Å²) >= 11 is 0. The number of ether oxygens (including phenoxy) is 3. The smallest absolute Gasteiger partial charge is 0.285 e. The Morgan fingerprint density at radius 1 is 0.516 bits per heavy atom. The molecule has 0 bridgehead atoms. The first-order chi connectivity index (χ1) is 15.2. The lowest BCUT2D eigenvalue weighted by atomic mass is 9.91. The predicted molar refractivity (Wildman–Crippen MR) is 134 cm³/mol. The third-order valence-electron chi connectivity index (χ3n) is 6.20. The molecule has 0 saturated heterocycles. The molecule has 0 aliphatic carbocycles. The summed E-state index contributed by atoms with van der Waals surface area (Å²) in [4.78, 5) is 0. The molecule has 0 aliphatic heterocycles. The van der Waals surface area contributed by atoms with Gasteiger partial charge >= 0.3 is 0 Å². The Kier molecular flexibility index (Phi) is 22.9. The van der Waals surface area contributed by atoms with Gasteiger partial charge in [0.2, 0.25) is 0 Å². The van der Waals surface area contributed by atoms with Crippen LogP contribution in [0.5, 0.6) is 0 Å². The van der Waals surface area contributed by atoms with Crippen LogP contribution in [0.2, 0.25) is 0 Å². The van der Waals surface area contributed by atoms with E-state index in [2.05, 4.69) is 6.92 Å². The third-order valence-corrected chi connectivity index (χ3v) is 6.20. The van der Waals surface area contributed by atoms with E-state index in [1.54, 1.807) is 0 Å². The first-order valence-corrected chi connectivity index (χ1v) is 13.8. The molecule has 0 aromatic carbocycles. The largest absolute Gasteiger partial charge is 0.330 e. The highest BCUT2D eigenvalue weighted by molar-refractivity contribution is 4.73. The molecule has 4 heteroatoms. The van der Waals surface area contributed by atoms with E-state index in [-0.39, 0.29) is 0 Å². The second kappa shape index (κ2) is 23.0. The SMILES string of the molecule is CCCCCCCCC(CCCCCCCCCCCN)C(OCC)(OCC)OCC. The molecule has 0 saturated carbocycles. The lowest BCUT2D eigenvalue weighted by molar-refractivity contribution is -0.403. The highest BCUT2D eigenvalue weighted by Gasteiger charge is 2.41. The maximum absolute atomic E-state index is 6.16. The second-order valence-electron chi connectivity index (χ2n) is 8.92. The van der Waals surface area contributed by atoms with E-state index in [4.69, 9.17) is 19.9 Å². The van der Waals surface area contributed by atoms with Crippen molar-refractivity contribution in [1.29, 1.82) is 0 Å². The molecule has 0 aromatic heterocycles. The van der Waals surface area contributed by atoms with Crippen LogP contribution in [-0.2, 0) is 14.2 Å². The average Bonchev–Trinajstić information content (AvgIpc) is 2.76. The monoisotopic (exact) mass is 443 g/mol. The van der Waals surface area contributed by atoms with E-state index in [9.17, 15) is 0 Å². The van der Waals surface area contributed by atoms with E-state index in [0.29, 0.717) is 25.7 Å². The molecule has 31 heavy (non-hydrogen) atoms. The molecule has 1 unspecified atom stereocenters. The Hall–Kier alpha value is -0.160. The lowest BCUT2D eigenvalue weighted by Gasteiger charge is -2.39. The summed E-state index contributed by atoms with van der Waals surface area (Å²) in [6.45, 7) is 11.1. The molecule has 1 atom stereocenters. The molecule has 2 N–H and O–H groups in total. The minimum Gasteiger partial charge on any atom is -0.330 e. The molecular formula is C27H57NO3. The van der Waals surface area contributed by atoms with Crippen molar-refractivity contribution in [2.45, 2.75) is 143 Å². The van der Waals surface area contributed by atoms with Crippen LogP contribution in [-0.4, -0.2) is 32.3 Å². The van der Waals surface area contributed by atoms with Crippen LogP contribution in [0.4, 0.5) is 0 Å². The van der Waals surface area contributed by atoms with Gasteiger partial charge < -0.3 is 19.9 Å². The number of hydrogen-bond donors (Lipinski definition) is 1. The molecule has 0 amide bonds. The Morgan fingerprint density at radius 2 is 0.871 bits per heavy atom. The van der Waals surface area contributed by atoms with Gasteiger partial charge in [-0.2, -0.15) is 0 Å². The van der Waals surface area contributed by atoms with E-state index >= 15 is 0 Å². The van der Waals surface area contributed by atoms with E-state index in [1.807, 2.05) is 20.8 Å². The summed E-state index contributed by atoms with van der Waals surface area (Å²) in [5, 5.41) is 0. The predicted octanol–water partition coefficient (Wildman–Crippen LogP) is 7.98. The molecule has 0 spiro atoms. The molecular weight excluding hydrogens is 386 g/mol. The number of nitrogens with two attached hydrogens (primary N) is 1. The third kappa shape index (κ3) is 16.2. The van der Waals surface area contributed by atoms with E-state index in [0.717, 1.165) is 19.4 Å². The van der Waals surface area contributed by atoms with Gasteiger partial charge in [-0.3, -0.25) is 0 Å². The summed E-state index contributed by atoms with van der Waals surface area (Å²) in [5.41, 5.74) is 5.57. The number of hydrogen-bond acceptors (Lipinski definition) is 4. The Bertz CT molecular complexity index is 334. The zero-order chi connectivity index (χ0) is 23.0. The van der Waals surface area contributed by atoms with Crippen molar-refractivity contribution in [3.63, 3.8) is 0 Å². The highest BCUT2D eigenvalue weighted by atomic mass is 16.9. The average molecular weight is 444 g/mol. The van der Waals surface area contributed by atoms with E-state index in [1.165, 1.54) is 96.3 Å². The fraction of sp³-hybridized carbons (Fsp3) is 1.00. The van der Waals surface area contributed by atoms with Crippen molar-refractivity contribution >= 4 is 0 Å². The van der Waals surface area contributed by atoms with Gasteiger partial charge in [-0.15, -0.1) is 0 Å². The summed E-state index contributed by atoms with van der Waals surface area (Å²) in [6.07, 6.45) is 22.0. The fourth-order valence-electron chi connectivity index (χ4n) is 4.52. The number of unbranched alkanes of at least 4 members (excludes halogenated alkanes) is 13. The van der Waals surface area contributed by atoms with Crippen LogP contribution >= 0.6 is 0 Å². The van der Waals surface area contributed by atoms with Gasteiger partial charge in [-0.05, 0) is 46.6 Å². The van der Waals surface area contributed by atoms with Crippen molar-refractivity contribution < 1.29 is 14.2 Å². The van der Waals surface area contributed by atoms with Crippen molar-refractivity contribution in [3.05, 3.63) is 0 Å². The summed E-state index contributed by atoms with van der Waals surface area (Å²) < 4.78 is 18.5. The fourth-order valence-corrected chi connectivity index (χ4v) is 4.52. The van der Waals surface area contributed by atoms with Crippen LogP contribution < -0.4 is 5.73 Å². The standard InChI is InChI=1S/C27H57NO3/c1-5-9-10-11-17-20-23-26(27(29-6-2,30-7-3)31-8-4)24-21-18-15-13-12-14-16-19-22-25-28/h26H,5-25,28H2,1-4H3. The maximum Gasteiger partial charge on any atom is 0.285 e. The topological polar surface area (TPSA) is 53.7 Å². The van der Waals surface area contributed by atoms with Gasteiger partial charge in [0.25, 0.3) is 5.97 Å². The minimum atomic E-state index is -0.856. The van der Waals surface area contributed by atoms with Crippen molar-refractivity contribution in [2.24, 2.45) is 11.7 Å². The lowest BCUT2D eigenvalue weighted by Crippen LogP contribution is -2.46. The van der Waals surface area contributed by atoms with Crippen molar-refractivity contribution in [3.8, 4) is 0 Å². The second-order valence-corrected chi connectivity index (χ2v) is 8.92. The van der Waals surface area contributed by atoms with Crippen LogP contribution in [0, 0.1) is 5.92 Å². The van der Waals surface area contributed by atoms with Crippen LogP contribution in [0.1, 0.15) is 137 Å². The molecule has 0 rings (SSSR count). The van der Waals surface area contributed by atoms with Crippen LogP contribution in [0.3, 0.4) is 0 Å². The first-order valence-electron chi connectivity index (χ1n) is 13.8. The minimum absolute atomic E-state index is 0.315. The quantitative estimate of drug-likeness (QED) is 0.115. The zero-order valence-electron chi connectivity index (χ0n) is 21.7. The van der Waals surface area contributed by atoms with Crippen molar-refractivity contribution in [2.75, 3.05) is 26.4 Å². The Labute approximate surface area is 195 Å². The van der Waals surface area contributed by atoms with Gasteiger partial charge in [-0.1, -0.05) is 96.8 Å². The molecule has 0 aliphatic rings. The Balaban J connectivity index is 4.50. The summed E-state index contributed by atoms with van der Waals surface area (Å²) in [7, 11) is 0. The summed E-state index contributed by atoms with van der Waals surface area (Å²) in [5.74, 6) is -0.542.